The van der Waals surface area contributed by atoms with Crippen molar-refractivity contribution in [2.24, 2.45) is 0 Å². The van der Waals surface area contributed by atoms with Crippen LogP contribution in [0.1, 0.15) is 10.6 Å². The number of sulfonamides is 1. The van der Waals surface area contributed by atoms with Gasteiger partial charge in [-0.25, -0.2) is 13.1 Å². The molecular weight excluding hydrogens is 404 g/mol. The topological polar surface area (TPSA) is 88.8 Å². The summed E-state index contributed by atoms with van der Waals surface area (Å²) in [5.74, 6) is -1.02. The summed E-state index contributed by atoms with van der Waals surface area (Å²) >= 11 is 6.22. The third kappa shape index (κ3) is 3.83. The smallest absolute Gasteiger partial charge is 0.300 e. The highest BCUT2D eigenvalue weighted by Crippen LogP contribution is 2.32. The van der Waals surface area contributed by atoms with E-state index in [-0.39, 0.29) is 16.4 Å². The standard InChI is InChI=1S/C19H17ClN2O5S/c1-4-26-15-7-5-6-8-18(15)28(24,25)21-19(23)17-10-12-9-13(20)14(22(2)3)11-16(12)27-17/h4-11H,1H2,2-3H3,(H,21,23). The van der Waals surface area contributed by atoms with E-state index in [2.05, 4.69) is 6.58 Å². The molecule has 0 radical (unpaired) electrons. The number of carbonyl (C=O) groups is 1. The Morgan fingerprint density at radius 2 is 1.96 bits per heavy atom. The van der Waals surface area contributed by atoms with Gasteiger partial charge in [-0.3, -0.25) is 4.79 Å². The monoisotopic (exact) mass is 420 g/mol. The summed E-state index contributed by atoms with van der Waals surface area (Å²) in [4.78, 5) is 14.1. The van der Waals surface area contributed by atoms with Crippen LogP contribution in [0.25, 0.3) is 11.0 Å². The van der Waals surface area contributed by atoms with E-state index in [1.54, 1.807) is 23.1 Å². The molecule has 28 heavy (non-hydrogen) atoms. The minimum atomic E-state index is -4.19. The van der Waals surface area contributed by atoms with Crippen LogP contribution in [-0.2, 0) is 10.0 Å². The lowest BCUT2D eigenvalue weighted by Gasteiger charge is -2.13. The second-order valence-electron chi connectivity index (χ2n) is 6.01. The summed E-state index contributed by atoms with van der Waals surface area (Å²) in [6.07, 6.45) is 1.10. The molecule has 0 aliphatic rings. The molecule has 0 bridgehead atoms. The Hall–Kier alpha value is -2.97. The zero-order chi connectivity index (χ0) is 20.5. The second-order valence-corrected chi connectivity index (χ2v) is 8.07. The second kappa shape index (κ2) is 7.57. The number of carbonyl (C=O) groups excluding carboxylic acids is 1. The number of anilines is 1. The number of benzene rings is 2. The van der Waals surface area contributed by atoms with Gasteiger partial charge in [-0.1, -0.05) is 30.3 Å². The summed E-state index contributed by atoms with van der Waals surface area (Å²) in [5.41, 5.74) is 1.12. The molecule has 0 saturated heterocycles. The molecule has 0 spiro atoms. The van der Waals surface area contributed by atoms with Crippen molar-refractivity contribution in [2.75, 3.05) is 19.0 Å². The Kier molecular flexibility index (Phi) is 5.35. The van der Waals surface area contributed by atoms with Crippen molar-refractivity contribution in [3.8, 4) is 5.75 Å². The van der Waals surface area contributed by atoms with E-state index >= 15 is 0 Å². The first-order chi connectivity index (χ1) is 13.2. The van der Waals surface area contributed by atoms with E-state index in [1.165, 1.54) is 24.3 Å². The summed E-state index contributed by atoms with van der Waals surface area (Å²) in [6.45, 7) is 3.40. The van der Waals surface area contributed by atoms with Gasteiger partial charge in [0.15, 0.2) is 5.76 Å². The van der Waals surface area contributed by atoms with Gasteiger partial charge in [-0.05, 0) is 24.3 Å². The number of nitrogens with zero attached hydrogens (tertiary/aromatic N) is 1. The van der Waals surface area contributed by atoms with E-state index in [0.29, 0.717) is 21.7 Å². The van der Waals surface area contributed by atoms with E-state index in [4.69, 9.17) is 20.8 Å². The van der Waals surface area contributed by atoms with E-state index in [9.17, 15) is 13.2 Å². The molecule has 0 atom stereocenters. The maximum Gasteiger partial charge on any atom is 0.300 e. The van der Waals surface area contributed by atoms with Gasteiger partial charge in [0.1, 0.15) is 16.2 Å². The lowest BCUT2D eigenvalue weighted by Crippen LogP contribution is -2.30. The average Bonchev–Trinajstić information content (AvgIpc) is 3.04. The van der Waals surface area contributed by atoms with E-state index in [0.717, 1.165) is 6.26 Å². The Morgan fingerprint density at radius 3 is 2.64 bits per heavy atom. The predicted molar refractivity (Wildman–Crippen MR) is 107 cm³/mol. The number of hydrogen-bond donors (Lipinski definition) is 1. The highest BCUT2D eigenvalue weighted by molar-refractivity contribution is 7.90. The van der Waals surface area contributed by atoms with Crippen LogP contribution >= 0.6 is 11.6 Å². The summed E-state index contributed by atoms with van der Waals surface area (Å²) in [7, 11) is -0.558. The lowest BCUT2D eigenvalue weighted by molar-refractivity contribution is 0.0956. The summed E-state index contributed by atoms with van der Waals surface area (Å²) in [5, 5.41) is 1.06. The van der Waals surface area contributed by atoms with Crippen LogP contribution in [0.5, 0.6) is 5.75 Å². The minimum Gasteiger partial charge on any atom is -0.464 e. The van der Waals surface area contributed by atoms with Gasteiger partial charge >= 0.3 is 5.91 Å². The fraction of sp³-hybridized carbons (Fsp3) is 0.105. The number of nitrogens with one attached hydrogen (secondary N) is 1. The molecule has 1 aromatic heterocycles. The highest BCUT2D eigenvalue weighted by atomic mass is 35.5. The SMILES string of the molecule is C=COc1ccccc1S(=O)(=O)NC(=O)c1cc2cc(Cl)c(N(C)C)cc2o1. The Bertz CT molecular complexity index is 1170. The van der Waals surface area contributed by atoms with Gasteiger partial charge in [-0.2, -0.15) is 0 Å². The molecular formula is C19H17ClN2O5S. The van der Waals surface area contributed by atoms with Crippen molar-refractivity contribution >= 4 is 44.2 Å². The average molecular weight is 421 g/mol. The minimum absolute atomic E-state index is 0.0461. The Labute approximate surface area is 167 Å². The first-order valence-corrected chi connectivity index (χ1v) is 9.93. The number of furan rings is 1. The van der Waals surface area contributed by atoms with E-state index in [1.807, 2.05) is 18.8 Å². The van der Waals surface area contributed by atoms with Crippen LogP contribution in [0.3, 0.4) is 0 Å². The molecule has 1 heterocycles. The van der Waals surface area contributed by atoms with Crippen LogP contribution in [0.15, 0.2) is 64.6 Å². The van der Waals surface area contributed by atoms with Gasteiger partial charge < -0.3 is 14.1 Å². The van der Waals surface area contributed by atoms with Gasteiger partial charge in [0.05, 0.1) is 17.0 Å². The van der Waals surface area contributed by atoms with Crippen LogP contribution in [0.2, 0.25) is 5.02 Å². The summed E-state index contributed by atoms with van der Waals surface area (Å²) < 4.78 is 37.8. The van der Waals surface area contributed by atoms with Crippen LogP contribution in [-0.4, -0.2) is 28.4 Å². The number of fused-ring (bicyclic) bond motifs is 1. The number of para-hydroxylation sites is 1. The van der Waals surface area contributed by atoms with Crippen molar-refractivity contribution in [3.05, 3.63) is 66.1 Å². The highest BCUT2D eigenvalue weighted by Gasteiger charge is 2.24. The number of amides is 1. The molecule has 146 valence electrons. The fourth-order valence-electron chi connectivity index (χ4n) is 2.59. The van der Waals surface area contributed by atoms with Crippen molar-refractivity contribution < 1.29 is 22.4 Å². The largest absolute Gasteiger partial charge is 0.464 e. The third-order valence-corrected chi connectivity index (χ3v) is 5.54. The molecule has 0 aliphatic heterocycles. The van der Waals surface area contributed by atoms with E-state index < -0.39 is 15.9 Å². The predicted octanol–water partition coefficient (Wildman–Crippen LogP) is 3.79. The van der Waals surface area contributed by atoms with Crippen molar-refractivity contribution in [1.29, 1.82) is 0 Å². The quantitative estimate of drug-likeness (QED) is 0.610. The molecule has 1 amide bonds. The molecule has 0 saturated carbocycles. The van der Waals surface area contributed by atoms with Crippen LogP contribution in [0, 0.1) is 0 Å². The number of halogens is 1. The zero-order valence-corrected chi connectivity index (χ0v) is 16.7. The maximum atomic E-state index is 12.6. The molecule has 1 N–H and O–H groups in total. The van der Waals surface area contributed by atoms with Gasteiger partial charge in [0.25, 0.3) is 10.0 Å². The molecule has 3 aromatic rings. The molecule has 0 unspecified atom stereocenters. The van der Waals surface area contributed by atoms with Crippen LogP contribution < -0.4 is 14.4 Å². The number of ether oxygens (including phenoxy) is 1. The first kappa shape index (κ1) is 19.8. The molecule has 0 aliphatic carbocycles. The normalized spacial score (nSPS) is 11.2. The van der Waals surface area contributed by atoms with Crippen molar-refractivity contribution in [2.45, 2.75) is 4.90 Å². The van der Waals surface area contributed by atoms with Gasteiger partial charge in [-0.15, -0.1) is 0 Å². The van der Waals surface area contributed by atoms with Gasteiger partial charge in [0, 0.05) is 25.5 Å². The molecule has 9 heteroatoms. The maximum absolute atomic E-state index is 12.6. The molecule has 3 rings (SSSR count). The lowest BCUT2D eigenvalue weighted by atomic mass is 10.2. The van der Waals surface area contributed by atoms with Gasteiger partial charge in [0.2, 0.25) is 0 Å². The van der Waals surface area contributed by atoms with Crippen LogP contribution in [0.4, 0.5) is 5.69 Å². The number of rotatable bonds is 6. The molecule has 7 nitrogen and oxygen atoms in total. The molecule has 0 fully saturated rings. The molecule has 2 aromatic carbocycles. The van der Waals surface area contributed by atoms with Crippen molar-refractivity contribution in [3.63, 3.8) is 0 Å². The Morgan fingerprint density at radius 1 is 1.25 bits per heavy atom. The first-order valence-electron chi connectivity index (χ1n) is 8.07. The number of hydrogen-bond acceptors (Lipinski definition) is 6. The third-order valence-electron chi connectivity index (χ3n) is 3.87. The fourth-order valence-corrected chi connectivity index (χ4v) is 4.02. The zero-order valence-electron chi connectivity index (χ0n) is 15.1. The summed E-state index contributed by atoms with van der Waals surface area (Å²) in [6, 6.07) is 10.6. The van der Waals surface area contributed by atoms with Crippen molar-refractivity contribution in [1.82, 2.24) is 4.72 Å². The Balaban J connectivity index is 1.93.